The van der Waals surface area contributed by atoms with E-state index < -0.39 is 7.29 Å². The Morgan fingerprint density at radius 3 is 2.68 bits per heavy atom. The molecule has 1 aliphatic rings. The largest absolute Gasteiger partial charge is 0.493 e. The highest BCUT2D eigenvalue weighted by atomic mass is 31.2. The maximum absolute atomic E-state index is 12.8. The number of anilines is 1. The van der Waals surface area contributed by atoms with Crippen molar-refractivity contribution in [3.05, 3.63) is 40.2 Å². The molecule has 0 radical (unpaired) electrons. The van der Waals surface area contributed by atoms with Gasteiger partial charge in [0.2, 0.25) is 13.2 Å². The summed E-state index contributed by atoms with van der Waals surface area (Å²) in [7, 11) is -1.41. The van der Waals surface area contributed by atoms with Crippen molar-refractivity contribution in [1.29, 1.82) is 0 Å². The molecule has 1 unspecified atom stereocenters. The minimum absolute atomic E-state index is 0.0425. The van der Waals surface area contributed by atoms with Crippen LogP contribution in [0.25, 0.3) is 0 Å². The molecule has 1 aromatic carbocycles. The van der Waals surface area contributed by atoms with Crippen molar-refractivity contribution in [2.75, 3.05) is 12.0 Å². The molecule has 3 rings (SSSR count). The molecule has 2 N–H and O–H groups in total. The van der Waals surface area contributed by atoms with E-state index in [-0.39, 0.29) is 22.8 Å². The van der Waals surface area contributed by atoms with Crippen molar-refractivity contribution in [2.45, 2.75) is 13.5 Å². The Labute approximate surface area is 127 Å². The molecule has 1 aliphatic heterocycles. The topological polar surface area (TPSA) is 88.6 Å². The van der Waals surface area contributed by atoms with Crippen LogP contribution in [-0.2, 0) is 18.2 Å². The van der Waals surface area contributed by atoms with Gasteiger partial charge in [0, 0.05) is 20.3 Å². The molecule has 0 saturated carbocycles. The number of hydrogen-bond donors (Lipinski definition) is 2. The van der Waals surface area contributed by atoms with Gasteiger partial charge in [-0.25, -0.2) is 9.44 Å². The Balaban J connectivity index is 2.23. The second-order valence-corrected chi connectivity index (χ2v) is 7.65. The predicted octanol–water partition coefficient (Wildman–Crippen LogP) is 1.32. The van der Waals surface area contributed by atoms with Crippen LogP contribution < -0.4 is 16.2 Å². The number of benzene rings is 1. The zero-order chi connectivity index (χ0) is 16.1. The van der Waals surface area contributed by atoms with Gasteiger partial charge in [-0.1, -0.05) is 12.1 Å². The molecular formula is C14H17N4O3P. The maximum Gasteiger partial charge on any atom is 0.281 e. The Hall–Kier alpha value is -2.27. The Bertz CT molecular complexity index is 894. The Morgan fingerprint density at radius 1 is 1.36 bits per heavy atom. The molecule has 0 spiro atoms. The third-order valence-corrected chi connectivity index (χ3v) is 5.64. The summed E-state index contributed by atoms with van der Waals surface area (Å²) >= 11 is 0. The van der Waals surface area contributed by atoms with Crippen LogP contribution in [0.1, 0.15) is 12.5 Å². The second-order valence-electron chi connectivity index (χ2n) is 5.21. The lowest BCUT2D eigenvalue weighted by molar-refractivity contribution is 0.386. The summed E-state index contributed by atoms with van der Waals surface area (Å²) in [6.45, 7) is 3.77. The molecule has 0 bridgehead atoms. The highest BCUT2D eigenvalue weighted by molar-refractivity contribution is 7.70. The first kappa shape index (κ1) is 14.7. The molecule has 0 amide bonds. The van der Waals surface area contributed by atoms with Gasteiger partial charge in [0.1, 0.15) is 5.56 Å². The lowest BCUT2D eigenvalue weighted by Gasteiger charge is -2.22. The summed E-state index contributed by atoms with van der Waals surface area (Å²) in [4.78, 5) is 12.4. The van der Waals surface area contributed by atoms with Crippen LogP contribution in [0.2, 0.25) is 0 Å². The monoisotopic (exact) mass is 320 g/mol. The van der Waals surface area contributed by atoms with Crippen LogP contribution in [0.4, 0.5) is 5.69 Å². The Kier molecular flexibility index (Phi) is 3.25. The van der Waals surface area contributed by atoms with Crippen LogP contribution in [0.15, 0.2) is 33.8 Å². The first-order valence-electron chi connectivity index (χ1n) is 6.90. The SMILES string of the molecule is CCn1c(=O)c(C2=NP(C)(=O)c3ccccc3N2)c(O)n1C. The summed E-state index contributed by atoms with van der Waals surface area (Å²) in [5.41, 5.74) is 0.318. The fraction of sp³-hybridized carbons (Fsp3) is 0.286. The number of nitrogens with one attached hydrogen (secondary N) is 1. The third-order valence-electron chi connectivity index (χ3n) is 3.77. The van der Waals surface area contributed by atoms with E-state index in [0.29, 0.717) is 17.5 Å². The van der Waals surface area contributed by atoms with Crippen molar-refractivity contribution in [1.82, 2.24) is 9.36 Å². The number of para-hydroxylation sites is 1. The zero-order valence-corrected chi connectivity index (χ0v) is 13.5. The lowest BCUT2D eigenvalue weighted by Crippen LogP contribution is -2.30. The molecule has 0 aliphatic carbocycles. The van der Waals surface area contributed by atoms with Crippen LogP contribution in [-0.4, -0.2) is 27.0 Å². The summed E-state index contributed by atoms with van der Waals surface area (Å²) in [6.07, 6.45) is 0. The molecule has 2 heterocycles. The Morgan fingerprint density at radius 2 is 2.05 bits per heavy atom. The van der Waals surface area contributed by atoms with E-state index in [4.69, 9.17) is 0 Å². The average Bonchev–Trinajstić information content (AvgIpc) is 2.68. The van der Waals surface area contributed by atoms with Gasteiger partial charge in [0.25, 0.3) is 5.56 Å². The van der Waals surface area contributed by atoms with Crippen molar-refractivity contribution in [2.24, 2.45) is 11.8 Å². The van der Waals surface area contributed by atoms with Crippen molar-refractivity contribution in [3.63, 3.8) is 0 Å². The maximum atomic E-state index is 12.8. The van der Waals surface area contributed by atoms with Crippen LogP contribution >= 0.6 is 7.29 Å². The van der Waals surface area contributed by atoms with Gasteiger partial charge in [-0.2, -0.15) is 0 Å². The van der Waals surface area contributed by atoms with E-state index in [1.165, 1.54) is 9.36 Å². The van der Waals surface area contributed by atoms with Crippen LogP contribution in [0.3, 0.4) is 0 Å². The number of aromatic hydroxyl groups is 1. The van der Waals surface area contributed by atoms with E-state index in [9.17, 15) is 14.5 Å². The molecule has 22 heavy (non-hydrogen) atoms. The van der Waals surface area contributed by atoms with Crippen molar-refractivity contribution in [3.8, 4) is 5.88 Å². The fourth-order valence-electron chi connectivity index (χ4n) is 2.65. The van der Waals surface area contributed by atoms with E-state index in [2.05, 4.69) is 10.1 Å². The van der Waals surface area contributed by atoms with Gasteiger partial charge in [-0.3, -0.25) is 14.0 Å². The summed E-state index contributed by atoms with van der Waals surface area (Å²) in [5, 5.41) is 13.9. The standard InChI is InChI=1S/C14H17N4O3P/c1-4-18-14(20)11(13(19)17(18)2)12-15-9-7-5-6-8-10(9)22(3,21)16-12/h5-8,19H,4H2,1-3H3,(H,15,16,21). The molecule has 116 valence electrons. The minimum Gasteiger partial charge on any atom is -0.493 e. The highest BCUT2D eigenvalue weighted by Gasteiger charge is 2.31. The minimum atomic E-state index is -3.00. The number of aromatic nitrogens is 2. The van der Waals surface area contributed by atoms with E-state index in [1.54, 1.807) is 38.8 Å². The quantitative estimate of drug-likeness (QED) is 0.817. The van der Waals surface area contributed by atoms with Gasteiger partial charge < -0.3 is 10.4 Å². The molecular weight excluding hydrogens is 303 g/mol. The smallest absolute Gasteiger partial charge is 0.281 e. The van der Waals surface area contributed by atoms with Crippen molar-refractivity contribution < 1.29 is 9.67 Å². The molecule has 7 nitrogen and oxygen atoms in total. The van der Waals surface area contributed by atoms with Crippen molar-refractivity contribution >= 4 is 24.1 Å². The molecule has 8 heteroatoms. The van der Waals surface area contributed by atoms with Gasteiger partial charge in [-0.15, -0.1) is 0 Å². The van der Waals surface area contributed by atoms with E-state index in [1.807, 2.05) is 6.07 Å². The first-order chi connectivity index (χ1) is 10.4. The summed E-state index contributed by atoms with van der Waals surface area (Å²) < 4.78 is 19.8. The lowest BCUT2D eigenvalue weighted by atomic mass is 10.2. The number of rotatable bonds is 2. The number of nitrogens with zero attached hydrogens (tertiary/aromatic N) is 3. The first-order valence-corrected chi connectivity index (χ1v) is 9.01. The molecule has 1 aromatic heterocycles. The van der Waals surface area contributed by atoms with Gasteiger partial charge >= 0.3 is 0 Å². The summed E-state index contributed by atoms with van der Waals surface area (Å²) in [5.74, 6) is -0.0488. The second kappa shape index (κ2) is 4.88. The van der Waals surface area contributed by atoms with Gasteiger partial charge in [-0.05, 0) is 19.1 Å². The molecule has 0 fully saturated rings. The fourth-order valence-corrected chi connectivity index (χ4v) is 4.23. The normalized spacial score (nSPS) is 20.2. The number of amidine groups is 1. The van der Waals surface area contributed by atoms with E-state index in [0.717, 1.165) is 0 Å². The van der Waals surface area contributed by atoms with Crippen LogP contribution in [0.5, 0.6) is 5.88 Å². The number of fused-ring (bicyclic) bond motifs is 1. The van der Waals surface area contributed by atoms with Crippen LogP contribution in [0, 0.1) is 0 Å². The molecule has 2 aromatic rings. The average molecular weight is 320 g/mol. The summed E-state index contributed by atoms with van der Waals surface area (Å²) in [6, 6.07) is 7.13. The predicted molar refractivity (Wildman–Crippen MR) is 86.8 cm³/mol. The zero-order valence-electron chi connectivity index (χ0n) is 12.6. The molecule has 1 atom stereocenters. The van der Waals surface area contributed by atoms with E-state index >= 15 is 0 Å². The molecule has 0 saturated heterocycles. The van der Waals surface area contributed by atoms with Gasteiger partial charge in [0.05, 0.1) is 11.0 Å². The third kappa shape index (κ3) is 2.01. The van der Waals surface area contributed by atoms with Gasteiger partial charge in [0.15, 0.2) is 5.84 Å². The number of hydrogen-bond acceptors (Lipinski definition) is 4. The highest BCUT2D eigenvalue weighted by Crippen LogP contribution is 2.47.